The molecular formula is C23H20N4O. The Balaban J connectivity index is 1.32. The molecule has 0 unspecified atom stereocenters. The molecule has 0 N–H and O–H groups in total. The minimum Gasteiger partial charge on any atom is -0.424 e. The monoisotopic (exact) mass is 368 g/mol. The predicted molar refractivity (Wildman–Crippen MR) is 107 cm³/mol. The maximum absolute atomic E-state index is 5.81. The zero-order valence-electron chi connectivity index (χ0n) is 15.6. The van der Waals surface area contributed by atoms with Crippen LogP contribution in [0.25, 0.3) is 5.69 Å². The molecule has 0 spiro atoms. The van der Waals surface area contributed by atoms with Crippen molar-refractivity contribution in [3.63, 3.8) is 0 Å². The molecule has 5 heteroatoms. The molecule has 28 heavy (non-hydrogen) atoms. The summed E-state index contributed by atoms with van der Waals surface area (Å²) in [5.41, 5.74) is 4.97. The Morgan fingerprint density at radius 3 is 2.11 bits per heavy atom. The number of aryl methyl sites for hydroxylation is 1. The molecule has 1 aliphatic carbocycles. The van der Waals surface area contributed by atoms with Crippen LogP contribution in [0.5, 0.6) is 11.8 Å². The minimum absolute atomic E-state index is 0.161. The van der Waals surface area contributed by atoms with E-state index in [-0.39, 0.29) is 5.41 Å². The van der Waals surface area contributed by atoms with Crippen LogP contribution >= 0.6 is 0 Å². The van der Waals surface area contributed by atoms with E-state index in [2.05, 4.69) is 58.4 Å². The molecular weight excluding hydrogens is 348 g/mol. The first-order chi connectivity index (χ1) is 13.7. The third-order valence-electron chi connectivity index (χ3n) is 5.35. The quantitative estimate of drug-likeness (QED) is 0.506. The molecule has 0 saturated heterocycles. The van der Waals surface area contributed by atoms with E-state index in [1.54, 1.807) is 23.3 Å². The first-order valence-corrected chi connectivity index (χ1v) is 9.41. The van der Waals surface area contributed by atoms with Crippen molar-refractivity contribution in [2.45, 2.75) is 25.2 Å². The van der Waals surface area contributed by atoms with E-state index in [4.69, 9.17) is 4.74 Å². The lowest BCUT2D eigenvalue weighted by atomic mass is 9.88. The summed E-state index contributed by atoms with van der Waals surface area (Å²) >= 11 is 0. The van der Waals surface area contributed by atoms with Crippen molar-refractivity contribution in [2.24, 2.45) is 0 Å². The number of hydrogen-bond acceptors (Lipinski definition) is 4. The van der Waals surface area contributed by atoms with Gasteiger partial charge in [-0.3, -0.25) is 0 Å². The van der Waals surface area contributed by atoms with Gasteiger partial charge in [0, 0.05) is 17.8 Å². The summed E-state index contributed by atoms with van der Waals surface area (Å²) in [4.78, 5) is 8.55. The summed E-state index contributed by atoms with van der Waals surface area (Å²) in [6, 6.07) is 19.4. The largest absolute Gasteiger partial charge is 0.424 e. The van der Waals surface area contributed by atoms with E-state index >= 15 is 0 Å². The van der Waals surface area contributed by atoms with Crippen molar-refractivity contribution >= 4 is 0 Å². The summed E-state index contributed by atoms with van der Waals surface area (Å²) in [6.45, 7) is 2.12. The van der Waals surface area contributed by atoms with E-state index in [0.29, 0.717) is 6.01 Å². The number of rotatable bonds is 5. The average Bonchev–Trinajstić information content (AvgIpc) is 3.35. The van der Waals surface area contributed by atoms with E-state index in [1.165, 1.54) is 29.5 Å². The van der Waals surface area contributed by atoms with E-state index in [1.807, 2.05) is 24.4 Å². The number of nitrogens with zero attached hydrogens (tertiary/aromatic N) is 4. The van der Waals surface area contributed by atoms with Crippen LogP contribution in [0, 0.1) is 6.92 Å². The SMILES string of the molecule is Cc1ccc(C2(c3ccc(Oc4ncc(-n5cccn5)cn4)cc3)CC2)cc1. The number of ether oxygens (including phenoxy) is 1. The second-order valence-electron chi connectivity index (χ2n) is 7.25. The smallest absolute Gasteiger partial charge is 0.322 e. The van der Waals surface area contributed by atoms with Gasteiger partial charge in [-0.05, 0) is 49.1 Å². The molecule has 0 radical (unpaired) electrons. The van der Waals surface area contributed by atoms with Crippen molar-refractivity contribution in [1.29, 1.82) is 0 Å². The topological polar surface area (TPSA) is 52.8 Å². The first kappa shape index (κ1) is 16.7. The minimum atomic E-state index is 0.161. The van der Waals surface area contributed by atoms with Gasteiger partial charge in [-0.15, -0.1) is 0 Å². The van der Waals surface area contributed by atoms with Crippen LogP contribution in [0.3, 0.4) is 0 Å². The van der Waals surface area contributed by atoms with Gasteiger partial charge in [0.25, 0.3) is 0 Å². The summed E-state index contributed by atoms with van der Waals surface area (Å²) in [5, 5.41) is 4.16. The molecule has 0 aliphatic heterocycles. The van der Waals surface area contributed by atoms with E-state index in [9.17, 15) is 0 Å². The molecule has 5 nitrogen and oxygen atoms in total. The second-order valence-corrected chi connectivity index (χ2v) is 7.25. The summed E-state index contributed by atoms with van der Waals surface area (Å²) in [7, 11) is 0. The van der Waals surface area contributed by atoms with Crippen molar-refractivity contribution in [1.82, 2.24) is 19.7 Å². The lowest BCUT2D eigenvalue weighted by Crippen LogP contribution is -2.08. The van der Waals surface area contributed by atoms with Gasteiger partial charge in [-0.2, -0.15) is 5.10 Å². The fraction of sp³-hybridized carbons (Fsp3) is 0.174. The highest BCUT2D eigenvalue weighted by molar-refractivity contribution is 5.47. The van der Waals surface area contributed by atoms with Crippen molar-refractivity contribution < 1.29 is 4.74 Å². The Hall–Kier alpha value is -3.47. The third-order valence-corrected chi connectivity index (χ3v) is 5.35. The standard InChI is InChI=1S/C23H20N4O/c1-17-3-5-18(6-4-17)23(11-12-23)19-7-9-21(10-8-19)28-22-24-15-20(16-25-22)27-14-2-13-26-27/h2-10,13-16H,11-12H2,1H3. The van der Waals surface area contributed by atoms with Gasteiger partial charge in [0.05, 0.1) is 12.4 Å². The first-order valence-electron chi connectivity index (χ1n) is 9.41. The number of benzene rings is 2. The van der Waals surface area contributed by atoms with Crippen LogP contribution in [-0.2, 0) is 5.41 Å². The highest BCUT2D eigenvalue weighted by atomic mass is 16.5. The lowest BCUT2D eigenvalue weighted by molar-refractivity contribution is 0.441. The van der Waals surface area contributed by atoms with Crippen LogP contribution in [0.15, 0.2) is 79.4 Å². The highest BCUT2D eigenvalue weighted by Crippen LogP contribution is 2.53. The Morgan fingerprint density at radius 2 is 1.54 bits per heavy atom. The molecule has 2 aromatic heterocycles. The zero-order valence-corrected chi connectivity index (χ0v) is 15.6. The third kappa shape index (κ3) is 3.05. The van der Waals surface area contributed by atoms with Gasteiger partial charge in [-0.25, -0.2) is 14.6 Å². The Morgan fingerprint density at radius 1 is 0.893 bits per heavy atom. The molecule has 138 valence electrons. The average molecular weight is 368 g/mol. The number of hydrogen-bond donors (Lipinski definition) is 0. The molecule has 2 heterocycles. The molecule has 0 amide bonds. The van der Waals surface area contributed by atoms with Crippen molar-refractivity contribution in [3.8, 4) is 17.4 Å². The van der Waals surface area contributed by atoms with Crippen LogP contribution in [0.2, 0.25) is 0 Å². The van der Waals surface area contributed by atoms with Crippen LogP contribution in [0.1, 0.15) is 29.5 Å². The zero-order chi connectivity index (χ0) is 19.0. The highest BCUT2D eigenvalue weighted by Gasteiger charge is 2.45. The fourth-order valence-corrected chi connectivity index (χ4v) is 3.59. The molecule has 1 saturated carbocycles. The summed E-state index contributed by atoms with van der Waals surface area (Å²) < 4.78 is 7.52. The Labute approximate surface area is 163 Å². The van der Waals surface area contributed by atoms with Gasteiger partial charge < -0.3 is 4.74 Å². The van der Waals surface area contributed by atoms with Crippen LogP contribution in [0.4, 0.5) is 0 Å². The maximum atomic E-state index is 5.81. The summed E-state index contributed by atoms with van der Waals surface area (Å²) in [5.74, 6) is 0.732. The van der Waals surface area contributed by atoms with E-state index < -0.39 is 0 Å². The summed E-state index contributed by atoms with van der Waals surface area (Å²) in [6.07, 6.45) is 9.33. The van der Waals surface area contributed by atoms with Gasteiger partial charge in [0.15, 0.2) is 0 Å². The van der Waals surface area contributed by atoms with Crippen LogP contribution in [-0.4, -0.2) is 19.7 Å². The Bertz CT molecular complexity index is 1070. The molecule has 2 aromatic carbocycles. The molecule has 4 aromatic rings. The maximum Gasteiger partial charge on any atom is 0.322 e. The fourth-order valence-electron chi connectivity index (χ4n) is 3.59. The Kier molecular flexibility index (Phi) is 3.93. The van der Waals surface area contributed by atoms with Crippen LogP contribution < -0.4 is 4.74 Å². The van der Waals surface area contributed by atoms with Gasteiger partial charge >= 0.3 is 6.01 Å². The van der Waals surface area contributed by atoms with Gasteiger partial charge in [0.1, 0.15) is 11.4 Å². The van der Waals surface area contributed by atoms with Gasteiger partial charge in [0.2, 0.25) is 0 Å². The lowest BCUT2D eigenvalue weighted by Gasteiger charge is -2.17. The molecule has 0 atom stereocenters. The van der Waals surface area contributed by atoms with E-state index in [0.717, 1.165) is 11.4 Å². The van der Waals surface area contributed by atoms with Crippen molar-refractivity contribution in [3.05, 3.63) is 96.1 Å². The molecule has 0 bridgehead atoms. The van der Waals surface area contributed by atoms with Gasteiger partial charge in [-0.1, -0.05) is 42.0 Å². The molecule has 1 fully saturated rings. The second kappa shape index (κ2) is 6.60. The number of aromatic nitrogens is 4. The normalized spacial score (nSPS) is 14.6. The van der Waals surface area contributed by atoms with Crippen molar-refractivity contribution in [2.75, 3.05) is 0 Å². The predicted octanol–water partition coefficient (Wildman–Crippen LogP) is 4.84. The molecule has 5 rings (SSSR count). The molecule has 1 aliphatic rings.